The van der Waals surface area contributed by atoms with Crippen molar-refractivity contribution in [1.29, 1.82) is 0 Å². The lowest BCUT2D eigenvalue weighted by atomic mass is 10.1. The summed E-state index contributed by atoms with van der Waals surface area (Å²) in [7, 11) is 5.27. The Kier molecular flexibility index (Phi) is 5.96. The zero-order chi connectivity index (χ0) is 20.3. The van der Waals surface area contributed by atoms with Gasteiger partial charge in [0, 0.05) is 38.0 Å². The van der Waals surface area contributed by atoms with Gasteiger partial charge in [-0.25, -0.2) is 0 Å². The van der Waals surface area contributed by atoms with Crippen molar-refractivity contribution in [2.45, 2.75) is 0 Å². The molecule has 2 aromatic carbocycles. The van der Waals surface area contributed by atoms with E-state index in [0.29, 0.717) is 23.1 Å². The predicted molar refractivity (Wildman–Crippen MR) is 116 cm³/mol. The molecule has 1 heterocycles. The van der Waals surface area contributed by atoms with Gasteiger partial charge in [0.2, 0.25) is 0 Å². The Morgan fingerprint density at radius 2 is 1.93 bits per heavy atom. The average Bonchev–Trinajstić information content (AvgIpc) is 2.92. The second kappa shape index (κ2) is 8.41. The number of nitrogens with zero attached hydrogens (tertiary/aromatic N) is 3. The number of aliphatic hydroxyl groups excluding tert-OH is 1. The van der Waals surface area contributed by atoms with Crippen molar-refractivity contribution in [1.82, 2.24) is 4.90 Å². The number of hydrogen-bond acceptors (Lipinski definition) is 5. The van der Waals surface area contributed by atoms with Crippen LogP contribution >= 0.6 is 12.2 Å². The highest BCUT2D eigenvalue weighted by Crippen LogP contribution is 2.31. The maximum absolute atomic E-state index is 13.0. The molecule has 0 aliphatic carbocycles. The molecule has 1 saturated heterocycles. The Morgan fingerprint density at radius 3 is 2.57 bits per heavy atom. The van der Waals surface area contributed by atoms with Crippen LogP contribution in [0.4, 0.5) is 11.4 Å². The van der Waals surface area contributed by atoms with E-state index in [0.717, 1.165) is 16.9 Å². The normalized spacial score (nSPS) is 15.5. The largest absolute Gasteiger partial charge is 0.496 e. The molecule has 28 heavy (non-hydrogen) atoms. The van der Waals surface area contributed by atoms with Gasteiger partial charge < -0.3 is 19.6 Å². The van der Waals surface area contributed by atoms with E-state index in [1.54, 1.807) is 25.1 Å². The molecule has 1 amide bonds. The van der Waals surface area contributed by atoms with Gasteiger partial charge in [0.15, 0.2) is 5.11 Å². The van der Waals surface area contributed by atoms with Crippen molar-refractivity contribution in [2.75, 3.05) is 44.2 Å². The summed E-state index contributed by atoms with van der Waals surface area (Å²) in [6.45, 7) is 0.585. The number of carbonyl (C=O) groups is 1. The number of hydrogen-bond donors (Lipinski definition) is 1. The summed E-state index contributed by atoms with van der Waals surface area (Å²) in [6.07, 6.45) is 1.78. The maximum atomic E-state index is 13.0. The zero-order valence-corrected chi connectivity index (χ0v) is 16.9. The number of amides is 1. The van der Waals surface area contributed by atoms with Crippen LogP contribution in [-0.4, -0.2) is 55.4 Å². The minimum Gasteiger partial charge on any atom is -0.496 e. The summed E-state index contributed by atoms with van der Waals surface area (Å²) >= 11 is 5.49. The second-order valence-corrected chi connectivity index (χ2v) is 6.78. The van der Waals surface area contributed by atoms with Crippen molar-refractivity contribution in [3.05, 3.63) is 59.8 Å². The lowest BCUT2D eigenvalue weighted by Gasteiger charge is -2.19. The molecular formula is C21H23N3O3S. The number of thiocarbonyl (C=S) groups is 1. The van der Waals surface area contributed by atoms with Gasteiger partial charge in [0.1, 0.15) is 11.4 Å². The van der Waals surface area contributed by atoms with Gasteiger partial charge in [0.25, 0.3) is 5.91 Å². The quantitative estimate of drug-likeness (QED) is 0.598. The molecule has 1 N–H and O–H groups in total. The van der Waals surface area contributed by atoms with E-state index >= 15 is 0 Å². The van der Waals surface area contributed by atoms with Crippen molar-refractivity contribution in [3.63, 3.8) is 0 Å². The van der Waals surface area contributed by atoms with E-state index in [4.69, 9.17) is 22.1 Å². The fraction of sp³-hybridized carbons (Fsp3) is 0.238. The molecule has 1 aliphatic heterocycles. The van der Waals surface area contributed by atoms with Gasteiger partial charge >= 0.3 is 0 Å². The number of rotatable bonds is 6. The molecule has 0 spiro atoms. The Labute approximate surface area is 170 Å². The number of ether oxygens (including phenoxy) is 1. The third kappa shape index (κ3) is 3.72. The standard InChI is InChI=1S/C21H23N3O3S/c1-22(11-12-25)17-10-9-15(19(14-17)27-3)13-18-20(26)24(21(28)23(18)2)16-7-5-4-6-8-16/h4-10,13-14,25H,11-12H2,1-3H3/b18-13+. The second-order valence-electron chi connectivity index (χ2n) is 6.42. The highest BCUT2D eigenvalue weighted by molar-refractivity contribution is 7.80. The highest BCUT2D eigenvalue weighted by atomic mass is 32.1. The molecule has 0 unspecified atom stereocenters. The van der Waals surface area contributed by atoms with Crippen LogP contribution in [0.1, 0.15) is 5.56 Å². The summed E-state index contributed by atoms with van der Waals surface area (Å²) in [6, 6.07) is 15.1. The molecule has 1 fully saturated rings. The number of para-hydroxylation sites is 1. The fourth-order valence-corrected chi connectivity index (χ4v) is 3.33. The van der Waals surface area contributed by atoms with E-state index in [9.17, 15) is 4.79 Å². The maximum Gasteiger partial charge on any atom is 0.281 e. The Bertz CT molecular complexity index is 914. The molecule has 0 atom stereocenters. The molecule has 0 aromatic heterocycles. The molecule has 2 aromatic rings. The topological polar surface area (TPSA) is 56.3 Å². The third-order valence-corrected chi connectivity index (χ3v) is 5.12. The summed E-state index contributed by atoms with van der Waals surface area (Å²) in [5.74, 6) is 0.460. The van der Waals surface area contributed by atoms with Crippen LogP contribution in [0.2, 0.25) is 0 Å². The Morgan fingerprint density at radius 1 is 1.21 bits per heavy atom. The number of methoxy groups -OCH3 is 1. The third-order valence-electron chi connectivity index (χ3n) is 4.66. The molecule has 1 aliphatic rings. The van der Waals surface area contributed by atoms with Crippen molar-refractivity contribution >= 4 is 40.7 Å². The number of carbonyl (C=O) groups excluding carboxylic acids is 1. The van der Waals surface area contributed by atoms with Crippen molar-refractivity contribution < 1.29 is 14.6 Å². The van der Waals surface area contributed by atoms with Crippen LogP contribution < -0.4 is 14.5 Å². The Hall–Kier alpha value is -2.90. The number of aliphatic hydroxyl groups is 1. The molecule has 6 nitrogen and oxygen atoms in total. The zero-order valence-electron chi connectivity index (χ0n) is 16.1. The summed E-state index contributed by atoms with van der Waals surface area (Å²) < 4.78 is 5.52. The van der Waals surface area contributed by atoms with Crippen LogP contribution in [0.3, 0.4) is 0 Å². The van der Waals surface area contributed by atoms with E-state index in [-0.39, 0.29) is 12.5 Å². The molecule has 0 saturated carbocycles. The fourth-order valence-electron chi connectivity index (χ4n) is 3.04. The van der Waals surface area contributed by atoms with Gasteiger partial charge in [-0.15, -0.1) is 0 Å². The van der Waals surface area contributed by atoms with Crippen LogP contribution in [0.25, 0.3) is 6.08 Å². The molecule has 3 rings (SSSR count). The first-order valence-corrected chi connectivity index (χ1v) is 9.27. The monoisotopic (exact) mass is 397 g/mol. The van der Waals surface area contributed by atoms with Crippen molar-refractivity contribution in [2.24, 2.45) is 0 Å². The number of likely N-dealkylation sites (N-methyl/N-ethyl adjacent to an activating group) is 2. The van der Waals surface area contributed by atoms with Gasteiger partial charge in [-0.3, -0.25) is 9.69 Å². The van der Waals surface area contributed by atoms with Crippen LogP contribution in [0, 0.1) is 0 Å². The van der Waals surface area contributed by atoms with Gasteiger partial charge in [0.05, 0.1) is 19.4 Å². The lowest BCUT2D eigenvalue weighted by molar-refractivity contribution is -0.114. The molecule has 7 heteroatoms. The molecule has 146 valence electrons. The molecule has 0 bridgehead atoms. The molecular weight excluding hydrogens is 374 g/mol. The minimum absolute atomic E-state index is 0.0662. The highest BCUT2D eigenvalue weighted by Gasteiger charge is 2.36. The lowest BCUT2D eigenvalue weighted by Crippen LogP contribution is -2.30. The van der Waals surface area contributed by atoms with E-state index in [1.807, 2.05) is 60.5 Å². The van der Waals surface area contributed by atoms with Crippen molar-refractivity contribution in [3.8, 4) is 5.75 Å². The molecule has 0 radical (unpaired) electrons. The first-order chi connectivity index (χ1) is 13.5. The van der Waals surface area contributed by atoms with Crippen LogP contribution in [0.5, 0.6) is 5.75 Å². The van der Waals surface area contributed by atoms with E-state index in [2.05, 4.69) is 0 Å². The number of anilines is 2. The van der Waals surface area contributed by atoms with Crippen LogP contribution in [-0.2, 0) is 4.79 Å². The predicted octanol–water partition coefficient (Wildman–Crippen LogP) is 2.73. The Balaban J connectivity index is 1.96. The van der Waals surface area contributed by atoms with Gasteiger partial charge in [-0.1, -0.05) is 18.2 Å². The average molecular weight is 398 g/mol. The number of benzene rings is 2. The SMILES string of the molecule is COc1cc(N(C)CCO)ccc1/C=C1\C(=O)N(c2ccccc2)C(=S)N1C. The van der Waals surface area contributed by atoms with Gasteiger partial charge in [-0.05, 0) is 42.6 Å². The summed E-state index contributed by atoms with van der Waals surface area (Å²) in [4.78, 5) is 18.2. The van der Waals surface area contributed by atoms with E-state index < -0.39 is 0 Å². The summed E-state index contributed by atoms with van der Waals surface area (Å²) in [5, 5.41) is 9.56. The summed E-state index contributed by atoms with van der Waals surface area (Å²) in [5.41, 5.74) is 2.90. The van der Waals surface area contributed by atoms with Crippen LogP contribution in [0.15, 0.2) is 54.2 Å². The smallest absolute Gasteiger partial charge is 0.281 e. The minimum atomic E-state index is -0.178. The first-order valence-electron chi connectivity index (χ1n) is 8.87. The first kappa shape index (κ1) is 19.9. The van der Waals surface area contributed by atoms with E-state index in [1.165, 1.54) is 4.90 Å². The van der Waals surface area contributed by atoms with Gasteiger partial charge in [-0.2, -0.15) is 0 Å².